The van der Waals surface area contributed by atoms with E-state index in [1.807, 2.05) is 13.0 Å². The molecule has 1 aromatic heterocycles. The number of hydrogen-bond donors (Lipinski definition) is 0. The van der Waals surface area contributed by atoms with Crippen molar-refractivity contribution in [2.75, 3.05) is 13.4 Å². The van der Waals surface area contributed by atoms with E-state index in [9.17, 15) is 0 Å². The second-order valence-electron chi connectivity index (χ2n) is 2.11. The second-order valence-corrected chi connectivity index (χ2v) is 2.11. The largest absolute Gasteiger partial charge is 0.386 e. The number of hydrogen-bond acceptors (Lipinski definition) is 3. The average molecular weight is 166 g/mol. The monoisotopic (exact) mass is 166 g/mol. The van der Waals surface area contributed by atoms with Gasteiger partial charge < -0.3 is 9.57 Å². The first-order valence-corrected chi connectivity index (χ1v) is 3.66. The smallest absolute Gasteiger partial charge is 0.214 e. The van der Waals surface area contributed by atoms with Crippen LogP contribution in [0.25, 0.3) is 0 Å². The lowest BCUT2D eigenvalue weighted by Crippen LogP contribution is -2.12. The summed E-state index contributed by atoms with van der Waals surface area (Å²) < 4.78 is 6.41. The third-order valence-corrected chi connectivity index (χ3v) is 1.29. The van der Waals surface area contributed by atoms with E-state index in [4.69, 9.17) is 14.8 Å². The van der Waals surface area contributed by atoms with Crippen molar-refractivity contribution in [2.45, 2.75) is 6.92 Å². The van der Waals surface area contributed by atoms with Gasteiger partial charge in [-0.05, 0) is 13.0 Å². The Morgan fingerprint density at radius 3 is 3.08 bits per heavy atom. The fourth-order valence-electron chi connectivity index (χ4n) is 0.705. The SMILES string of the molecule is CCOCOn1ccc(C#N)c1. The molecule has 0 aromatic carbocycles. The molecule has 0 radical (unpaired) electrons. The molecule has 4 nitrogen and oxygen atoms in total. The fourth-order valence-corrected chi connectivity index (χ4v) is 0.705. The topological polar surface area (TPSA) is 47.2 Å². The van der Waals surface area contributed by atoms with Gasteiger partial charge in [0.25, 0.3) is 0 Å². The predicted molar refractivity (Wildman–Crippen MR) is 42.2 cm³/mol. The molecule has 0 fully saturated rings. The molecule has 0 aliphatic carbocycles. The first kappa shape index (κ1) is 8.62. The van der Waals surface area contributed by atoms with Crippen LogP contribution >= 0.6 is 0 Å². The standard InChI is InChI=1S/C8H10N2O2/c1-2-11-7-12-10-4-3-8(5-9)6-10/h3-4,6H,2,7H2,1H3. The van der Waals surface area contributed by atoms with Gasteiger partial charge in [0, 0.05) is 12.8 Å². The Morgan fingerprint density at radius 2 is 2.50 bits per heavy atom. The van der Waals surface area contributed by atoms with Crippen LogP contribution in [0.3, 0.4) is 0 Å². The lowest BCUT2D eigenvalue weighted by molar-refractivity contribution is -0.0553. The normalized spacial score (nSPS) is 9.33. The summed E-state index contributed by atoms with van der Waals surface area (Å²) in [6.45, 7) is 2.71. The highest BCUT2D eigenvalue weighted by molar-refractivity contribution is 5.24. The molecule has 0 aliphatic rings. The van der Waals surface area contributed by atoms with Crippen molar-refractivity contribution >= 4 is 0 Å². The Bertz CT molecular complexity index is 275. The van der Waals surface area contributed by atoms with E-state index < -0.39 is 0 Å². The Kier molecular flexibility index (Phi) is 3.17. The summed E-state index contributed by atoms with van der Waals surface area (Å²) in [6.07, 6.45) is 3.26. The lowest BCUT2D eigenvalue weighted by Gasteiger charge is -2.04. The van der Waals surface area contributed by atoms with Crippen molar-refractivity contribution in [3.8, 4) is 6.07 Å². The van der Waals surface area contributed by atoms with Crippen LogP contribution in [0.5, 0.6) is 0 Å². The molecule has 12 heavy (non-hydrogen) atoms. The maximum Gasteiger partial charge on any atom is 0.214 e. The Morgan fingerprint density at radius 1 is 1.67 bits per heavy atom. The van der Waals surface area contributed by atoms with Gasteiger partial charge in [0.2, 0.25) is 6.79 Å². The van der Waals surface area contributed by atoms with Crippen molar-refractivity contribution in [1.82, 2.24) is 4.73 Å². The van der Waals surface area contributed by atoms with Crippen LogP contribution < -0.4 is 4.84 Å². The highest BCUT2D eigenvalue weighted by Gasteiger charge is 1.93. The van der Waals surface area contributed by atoms with E-state index in [1.54, 1.807) is 18.5 Å². The molecular weight excluding hydrogens is 156 g/mol. The molecule has 4 heteroatoms. The van der Waals surface area contributed by atoms with Crippen LogP contribution in [0.4, 0.5) is 0 Å². The highest BCUT2D eigenvalue weighted by atomic mass is 16.8. The Hall–Kier alpha value is -1.47. The van der Waals surface area contributed by atoms with Crippen LogP contribution in [0.15, 0.2) is 18.5 Å². The maximum absolute atomic E-state index is 8.47. The Balaban J connectivity index is 2.38. The van der Waals surface area contributed by atoms with Crippen molar-refractivity contribution in [1.29, 1.82) is 5.26 Å². The van der Waals surface area contributed by atoms with E-state index in [0.717, 1.165) is 0 Å². The zero-order valence-corrected chi connectivity index (χ0v) is 6.86. The molecule has 0 unspecified atom stereocenters. The van der Waals surface area contributed by atoms with Gasteiger partial charge in [0.1, 0.15) is 6.07 Å². The molecule has 1 aromatic rings. The van der Waals surface area contributed by atoms with Crippen LogP contribution in [-0.2, 0) is 4.74 Å². The van der Waals surface area contributed by atoms with E-state index in [-0.39, 0.29) is 6.79 Å². The first-order chi connectivity index (χ1) is 5.86. The predicted octanol–water partition coefficient (Wildman–Crippen LogP) is 0.782. The molecule has 0 N–H and O–H groups in total. The number of rotatable bonds is 4. The van der Waals surface area contributed by atoms with Crippen molar-refractivity contribution in [3.63, 3.8) is 0 Å². The number of aromatic nitrogens is 1. The van der Waals surface area contributed by atoms with Gasteiger partial charge in [-0.25, -0.2) is 0 Å². The molecule has 1 rings (SSSR count). The van der Waals surface area contributed by atoms with Crippen LogP contribution in [0.2, 0.25) is 0 Å². The van der Waals surface area contributed by atoms with E-state index >= 15 is 0 Å². The van der Waals surface area contributed by atoms with Crippen LogP contribution in [0.1, 0.15) is 12.5 Å². The minimum atomic E-state index is 0.204. The summed E-state index contributed by atoms with van der Waals surface area (Å²) in [6, 6.07) is 3.67. The van der Waals surface area contributed by atoms with Gasteiger partial charge in [-0.1, -0.05) is 0 Å². The molecule has 0 aliphatic heterocycles. The molecule has 1 heterocycles. The molecule has 0 amide bonds. The van der Waals surface area contributed by atoms with Gasteiger partial charge in [-0.3, -0.25) is 0 Å². The highest BCUT2D eigenvalue weighted by Crippen LogP contribution is 1.96. The van der Waals surface area contributed by atoms with Crippen LogP contribution in [0, 0.1) is 11.3 Å². The summed E-state index contributed by atoms with van der Waals surface area (Å²) in [5, 5.41) is 8.47. The third kappa shape index (κ3) is 2.29. The molecule has 64 valence electrons. The molecule has 0 saturated heterocycles. The number of nitriles is 1. The molecular formula is C8H10N2O2. The zero-order chi connectivity index (χ0) is 8.81. The summed E-state index contributed by atoms with van der Waals surface area (Å²) >= 11 is 0. The van der Waals surface area contributed by atoms with Crippen molar-refractivity contribution < 1.29 is 9.57 Å². The molecule has 0 atom stereocenters. The van der Waals surface area contributed by atoms with Gasteiger partial charge in [-0.2, -0.15) is 9.99 Å². The summed E-state index contributed by atoms with van der Waals surface area (Å²) in [5.41, 5.74) is 0.575. The number of nitrogens with zero attached hydrogens (tertiary/aromatic N) is 2. The van der Waals surface area contributed by atoms with Gasteiger partial charge >= 0.3 is 0 Å². The quantitative estimate of drug-likeness (QED) is 0.490. The summed E-state index contributed by atoms with van der Waals surface area (Å²) in [5.74, 6) is 0. The minimum Gasteiger partial charge on any atom is -0.386 e. The van der Waals surface area contributed by atoms with E-state index in [2.05, 4.69) is 0 Å². The third-order valence-electron chi connectivity index (χ3n) is 1.29. The molecule has 0 spiro atoms. The lowest BCUT2D eigenvalue weighted by atomic mass is 10.4. The Labute approximate surface area is 70.9 Å². The number of ether oxygens (including phenoxy) is 1. The van der Waals surface area contributed by atoms with Crippen molar-refractivity contribution in [3.05, 3.63) is 24.0 Å². The average Bonchev–Trinajstić information content (AvgIpc) is 2.53. The van der Waals surface area contributed by atoms with E-state index in [1.165, 1.54) is 4.73 Å². The summed E-state index contributed by atoms with van der Waals surface area (Å²) in [7, 11) is 0. The van der Waals surface area contributed by atoms with Crippen LogP contribution in [-0.4, -0.2) is 18.1 Å². The van der Waals surface area contributed by atoms with Gasteiger partial charge in [-0.15, -0.1) is 0 Å². The first-order valence-electron chi connectivity index (χ1n) is 3.66. The van der Waals surface area contributed by atoms with Crippen molar-refractivity contribution in [2.24, 2.45) is 0 Å². The summed E-state index contributed by atoms with van der Waals surface area (Å²) in [4.78, 5) is 5.07. The molecule has 0 bridgehead atoms. The minimum absolute atomic E-state index is 0.204. The second kappa shape index (κ2) is 4.42. The fraction of sp³-hybridized carbons (Fsp3) is 0.375. The van der Waals surface area contributed by atoms with Gasteiger partial charge in [0.05, 0.1) is 11.8 Å². The maximum atomic E-state index is 8.47. The van der Waals surface area contributed by atoms with Gasteiger partial charge in [0.15, 0.2) is 0 Å². The zero-order valence-electron chi connectivity index (χ0n) is 6.86. The molecule has 0 saturated carbocycles. The van der Waals surface area contributed by atoms with E-state index in [0.29, 0.717) is 12.2 Å².